The van der Waals surface area contributed by atoms with Crippen molar-refractivity contribution in [3.8, 4) is 0 Å². The number of aromatic nitrogens is 1. The normalized spacial score (nSPS) is 31.5. The summed E-state index contributed by atoms with van der Waals surface area (Å²) in [5, 5.41) is 4.07. The lowest BCUT2D eigenvalue weighted by atomic mass is 9.91. The van der Waals surface area contributed by atoms with E-state index in [0.717, 1.165) is 69.9 Å². The fourth-order valence-corrected chi connectivity index (χ4v) is 4.16. The quantitative estimate of drug-likeness (QED) is 0.847. The van der Waals surface area contributed by atoms with Crippen molar-refractivity contribution < 1.29 is 14.1 Å². The molecule has 3 fully saturated rings. The van der Waals surface area contributed by atoms with Crippen molar-refractivity contribution in [2.75, 3.05) is 26.2 Å². The number of rotatable bonds is 3. The first-order chi connectivity index (χ1) is 11.2. The number of ether oxygens (including phenoxy) is 1. The van der Waals surface area contributed by atoms with E-state index in [-0.39, 0.29) is 18.1 Å². The summed E-state index contributed by atoms with van der Waals surface area (Å²) in [6.45, 7) is 6.46. The van der Waals surface area contributed by atoms with Gasteiger partial charge < -0.3 is 14.2 Å². The molecule has 0 bridgehead atoms. The Morgan fingerprint density at radius 1 is 1.35 bits per heavy atom. The molecule has 0 aromatic carbocycles. The van der Waals surface area contributed by atoms with Crippen LogP contribution in [0.25, 0.3) is 0 Å². The first-order valence-electron chi connectivity index (χ1n) is 8.78. The number of piperidine rings is 1. The zero-order valence-corrected chi connectivity index (χ0v) is 13.7. The SMILES string of the molecule is Cc1cc(CN2CC[C@@H]3C[C@@H](C(=O)N4CCCC4)O[C@H]3C2)no1. The van der Waals surface area contributed by atoms with Crippen LogP contribution >= 0.6 is 0 Å². The van der Waals surface area contributed by atoms with Crippen LogP contribution in [0.15, 0.2) is 10.6 Å². The van der Waals surface area contributed by atoms with E-state index < -0.39 is 0 Å². The minimum atomic E-state index is -0.211. The van der Waals surface area contributed by atoms with Crippen LogP contribution in [0.4, 0.5) is 0 Å². The molecule has 1 amide bonds. The highest BCUT2D eigenvalue weighted by atomic mass is 16.5. The molecule has 0 aliphatic carbocycles. The number of likely N-dealkylation sites (tertiary alicyclic amines) is 2. The third kappa shape index (κ3) is 3.15. The molecule has 6 heteroatoms. The van der Waals surface area contributed by atoms with E-state index in [1.54, 1.807) is 0 Å². The monoisotopic (exact) mass is 319 g/mol. The number of fused-ring (bicyclic) bond motifs is 1. The molecular weight excluding hydrogens is 294 g/mol. The summed E-state index contributed by atoms with van der Waals surface area (Å²) in [7, 11) is 0. The summed E-state index contributed by atoms with van der Waals surface area (Å²) in [6, 6.07) is 1.99. The molecule has 3 aliphatic heterocycles. The molecule has 4 heterocycles. The molecule has 126 valence electrons. The fraction of sp³-hybridized carbons (Fsp3) is 0.765. The molecule has 0 unspecified atom stereocenters. The molecule has 3 atom stereocenters. The number of hydrogen-bond acceptors (Lipinski definition) is 5. The molecule has 23 heavy (non-hydrogen) atoms. The van der Waals surface area contributed by atoms with Crippen molar-refractivity contribution in [2.24, 2.45) is 5.92 Å². The predicted molar refractivity (Wildman–Crippen MR) is 83.7 cm³/mol. The van der Waals surface area contributed by atoms with Gasteiger partial charge in [0.2, 0.25) is 0 Å². The summed E-state index contributed by atoms with van der Waals surface area (Å²) in [4.78, 5) is 16.9. The maximum absolute atomic E-state index is 12.5. The molecule has 1 aromatic heterocycles. The molecule has 0 N–H and O–H groups in total. The van der Waals surface area contributed by atoms with Crippen LogP contribution in [-0.4, -0.2) is 59.3 Å². The highest BCUT2D eigenvalue weighted by Crippen LogP contribution is 2.34. The van der Waals surface area contributed by atoms with Gasteiger partial charge in [-0.1, -0.05) is 5.16 Å². The van der Waals surface area contributed by atoms with Crippen LogP contribution in [0.2, 0.25) is 0 Å². The molecular formula is C17H25N3O3. The van der Waals surface area contributed by atoms with Crippen molar-refractivity contribution in [3.63, 3.8) is 0 Å². The van der Waals surface area contributed by atoms with Gasteiger partial charge in [0.15, 0.2) is 0 Å². The number of nitrogens with zero attached hydrogens (tertiary/aromatic N) is 3. The lowest BCUT2D eigenvalue weighted by Gasteiger charge is -2.33. The highest BCUT2D eigenvalue weighted by Gasteiger charge is 2.43. The van der Waals surface area contributed by atoms with Crippen molar-refractivity contribution in [3.05, 3.63) is 17.5 Å². The number of carbonyl (C=O) groups is 1. The van der Waals surface area contributed by atoms with Crippen LogP contribution in [0.1, 0.15) is 37.1 Å². The van der Waals surface area contributed by atoms with Crippen LogP contribution < -0.4 is 0 Å². The number of amides is 1. The molecule has 0 radical (unpaired) electrons. The van der Waals surface area contributed by atoms with Gasteiger partial charge in [0.25, 0.3) is 5.91 Å². The third-order valence-corrected chi connectivity index (χ3v) is 5.39. The van der Waals surface area contributed by atoms with Gasteiger partial charge in [-0.05, 0) is 45.1 Å². The van der Waals surface area contributed by atoms with Crippen LogP contribution in [-0.2, 0) is 16.1 Å². The Bertz CT molecular complexity index is 567. The smallest absolute Gasteiger partial charge is 0.251 e. The maximum Gasteiger partial charge on any atom is 0.251 e. The first kappa shape index (κ1) is 15.1. The summed E-state index contributed by atoms with van der Waals surface area (Å²) in [5.74, 6) is 1.60. The van der Waals surface area contributed by atoms with E-state index in [1.807, 2.05) is 17.9 Å². The Morgan fingerprint density at radius 2 is 2.17 bits per heavy atom. The molecule has 4 rings (SSSR count). The second-order valence-electron chi connectivity index (χ2n) is 7.14. The number of aryl methyl sites for hydroxylation is 1. The van der Waals surface area contributed by atoms with Gasteiger partial charge >= 0.3 is 0 Å². The van der Waals surface area contributed by atoms with Crippen LogP contribution in [0.5, 0.6) is 0 Å². The van der Waals surface area contributed by atoms with Gasteiger partial charge in [0.05, 0.1) is 11.8 Å². The van der Waals surface area contributed by atoms with Gasteiger partial charge in [-0.25, -0.2) is 0 Å². The lowest BCUT2D eigenvalue weighted by molar-refractivity contribution is -0.142. The summed E-state index contributed by atoms with van der Waals surface area (Å²) in [5.41, 5.74) is 0.976. The van der Waals surface area contributed by atoms with Gasteiger partial charge in [-0.3, -0.25) is 9.69 Å². The Hall–Kier alpha value is -1.40. The zero-order chi connectivity index (χ0) is 15.8. The molecule has 0 spiro atoms. The molecule has 1 aromatic rings. The Balaban J connectivity index is 1.34. The van der Waals surface area contributed by atoms with Gasteiger partial charge in [0.1, 0.15) is 11.9 Å². The van der Waals surface area contributed by atoms with Crippen molar-refractivity contribution >= 4 is 5.91 Å². The van der Waals surface area contributed by atoms with Gasteiger partial charge in [0, 0.05) is 32.2 Å². The van der Waals surface area contributed by atoms with Crippen LogP contribution in [0, 0.1) is 12.8 Å². The van der Waals surface area contributed by atoms with E-state index in [2.05, 4.69) is 10.1 Å². The van der Waals surface area contributed by atoms with E-state index in [9.17, 15) is 4.79 Å². The maximum atomic E-state index is 12.5. The minimum Gasteiger partial charge on any atom is -0.364 e. The Labute approximate surface area is 136 Å². The van der Waals surface area contributed by atoms with Crippen molar-refractivity contribution in [1.29, 1.82) is 0 Å². The molecule has 6 nitrogen and oxygen atoms in total. The number of carbonyl (C=O) groups excluding carboxylic acids is 1. The molecule has 3 aliphatic rings. The van der Waals surface area contributed by atoms with Gasteiger partial charge in [-0.2, -0.15) is 0 Å². The second kappa shape index (κ2) is 6.24. The van der Waals surface area contributed by atoms with E-state index in [4.69, 9.17) is 9.26 Å². The van der Waals surface area contributed by atoms with Crippen molar-refractivity contribution in [1.82, 2.24) is 15.0 Å². The molecule has 3 saturated heterocycles. The zero-order valence-electron chi connectivity index (χ0n) is 13.7. The fourth-order valence-electron chi connectivity index (χ4n) is 4.16. The largest absolute Gasteiger partial charge is 0.364 e. The molecule has 0 saturated carbocycles. The summed E-state index contributed by atoms with van der Waals surface area (Å²) < 4.78 is 11.3. The standard InChI is InChI=1S/C17H25N3O3/c1-12-8-14(18-23-12)10-19-7-4-13-9-15(22-16(13)11-19)17(21)20-5-2-3-6-20/h8,13,15-16H,2-7,9-11H2,1H3/t13-,15+,16+/m1/s1. The van der Waals surface area contributed by atoms with Crippen LogP contribution in [0.3, 0.4) is 0 Å². The van der Waals surface area contributed by atoms with Crippen molar-refractivity contribution in [2.45, 2.75) is 51.4 Å². The highest BCUT2D eigenvalue weighted by molar-refractivity contribution is 5.81. The first-order valence-corrected chi connectivity index (χ1v) is 8.78. The Kier molecular flexibility index (Phi) is 4.11. The summed E-state index contributed by atoms with van der Waals surface area (Å²) >= 11 is 0. The minimum absolute atomic E-state index is 0.188. The third-order valence-electron chi connectivity index (χ3n) is 5.39. The lowest BCUT2D eigenvalue weighted by Crippen LogP contribution is -2.42. The summed E-state index contributed by atoms with van der Waals surface area (Å²) in [6.07, 6.45) is 4.25. The van der Waals surface area contributed by atoms with Gasteiger partial charge in [-0.15, -0.1) is 0 Å². The van der Waals surface area contributed by atoms with E-state index in [0.29, 0.717) is 5.92 Å². The second-order valence-corrected chi connectivity index (χ2v) is 7.14. The average Bonchev–Trinajstić information content (AvgIpc) is 3.26. The number of hydrogen-bond donors (Lipinski definition) is 0. The average molecular weight is 319 g/mol. The van der Waals surface area contributed by atoms with E-state index in [1.165, 1.54) is 0 Å². The van der Waals surface area contributed by atoms with E-state index >= 15 is 0 Å². The topological polar surface area (TPSA) is 58.8 Å². The predicted octanol–water partition coefficient (Wildman–Crippen LogP) is 1.58. The Morgan fingerprint density at radius 3 is 2.91 bits per heavy atom.